The van der Waals surface area contributed by atoms with Gasteiger partial charge in [-0.2, -0.15) is 0 Å². The van der Waals surface area contributed by atoms with Gasteiger partial charge in [0, 0.05) is 6.54 Å². The lowest BCUT2D eigenvalue weighted by atomic mass is 9.81. The number of rotatable bonds is 1. The van der Waals surface area contributed by atoms with Crippen LogP contribution >= 0.6 is 0 Å². The monoisotopic (exact) mass is 331 g/mol. The summed E-state index contributed by atoms with van der Waals surface area (Å²) in [5.74, 6) is 0.552. The second-order valence-electron chi connectivity index (χ2n) is 8.34. The van der Waals surface area contributed by atoms with Gasteiger partial charge >= 0.3 is 0 Å². The highest BCUT2D eigenvalue weighted by Gasteiger charge is 2.57. The van der Waals surface area contributed by atoms with Crippen molar-refractivity contribution in [1.29, 1.82) is 0 Å². The number of hydrogen-bond acceptors (Lipinski definition) is 4. The quantitative estimate of drug-likeness (QED) is 0.830. The van der Waals surface area contributed by atoms with Crippen LogP contribution in [-0.4, -0.2) is 45.3 Å². The first-order chi connectivity index (χ1) is 11.3. The minimum atomic E-state index is -0.432. The zero-order valence-corrected chi connectivity index (χ0v) is 14.3. The smallest absolute Gasteiger partial charge is 0.261 e. The molecule has 130 valence electrons. The number of hydrogen-bond donors (Lipinski definition) is 2. The second-order valence-corrected chi connectivity index (χ2v) is 8.34. The third-order valence-corrected chi connectivity index (χ3v) is 5.95. The molecule has 4 rings (SSSR count). The van der Waals surface area contributed by atoms with Crippen molar-refractivity contribution in [1.82, 2.24) is 4.90 Å². The fourth-order valence-electron chi connectivity index (χ4n) is 5.21. The lowest BCUT2D eigenvalue weighted by Crippen LogP contribution is -2.62. The molecule has 0 aromatic heterocycles. The van der Waals surface area contributed by atoms with Crippen LogP contribution in [0.4, 0.5) is 0 Å². The zero-order chi connectivity index (χ0) is 17.1. The number of fused-ring (bicyclic) bond motifs is 3. The number of carbonyl (C=O) groups excluding carboxylic acids is 1. The Balaban J connectivity index is 1.67. The van der Waals surface area contributed by atoms with Crippen LogP contribution < -0.4 is 0 Å². The van der Waals surface area contributed by atoms with Gasteiger partial charge in [-0.05, 0) is 63.5 Å². The van der Waals surface area contributed by atoms with E-state index in [1.54, 1.807) is 4.90 Å². The average Bonchev–Trinajstić information content (AvgIpc) is 3.05. The summed E-state index contributed by atoms with van der Waals surface area (Å²) >= 11 is 0. The van der Waals surface area contributed by atoms with Crippen LogP contribution in [0.5, 0.6) is 11.5 Å². The van der Waals surface area contributed by atoms with Gasteiger partial charge in [-0.25, -0.2) is 0 Å². The fourth-order valence-corrected chi connectivity index (χ4v) is 5.21. The lowest BCUT2D eigenvalue weighted by molar-refractivity contribution is -0.208. The van der Waals surface area contributed by atoms with Crippen molar-refractivity contribution in [2.24, 2.45) is 11.8 Å². The number of morpholine rings is 1. The molecule has 5 nitrogen and oxygen atoms in total. The largest absolute Gasteiger partial charge is 0.507 e. The number of carbonyl (C=O) groups is 1. The first-order valence-corrected chi connectivity index (χ1v) is 8.80. The third-order valence-electron chi connectivity index (χ3n) is 5.95. The summed E-state index contributed by atoms with van der Waals surface area (Å²) in [5.41, 5.74) is -0.702. The molecule has 0 radical (unpaired) electrons. The molecule has 3 fully saturated rings. The van der Waals surface area contributed by atoms with Gasteiger partial charge in [0.15, 0.2) is 0 Å². The summed E-state index contributed by atoms with van der Waals surface area (Å²) in [6, 6.07) is 4.40. The Kier molecular flexibility index (Phi) is 3.36. The van der Waals surface area contributed by atoms with Gasteiger partial charge in [-0.3, -0.25) is 4.79 Å². The van der Waals surface area contributed by atoms with Gasteiger partial charge in [-0.1, -0.05) is 6.07 Å². The van der Waals surface area contributed by atoms with E-state index in [9.17, 15) is 15.0 Å². The number of amides is 1. The minimum Gasteiger partial charge on any atom is -0.507 e. The number of aromatic hydroxyl groups is 2. The van der Waals surface area contributed by atoms with Gasteiger partial charge in [0.05, 0.1) is 17.7 Å². The molecule has 3 aliphatic rings. The maximum atomic E-state index is 13.0. The highest BCUT2D eigenvalue weighted by atomic mass is 16.5. The molecule has 1 aromatic rings. The summed E-state index contributed by atoms with van der Waals surface area (Å²) in [5, 5.41) is 20.1. The van der Waals surface area contributed by atoms with Crippen LogP contribution in [0.15, 0.2) is 18.2 Å². The fraction of sp³-hybridized carbons (Fsp3) is 0.632. The molecule has 2 bridgehead atoms. The van der Waals surface area contributed by atoms with Crippen LogP contribution in [0, 0.1) is 11.8 Å². The van der Waals surface area contributed by atoms with E-state index < -0.39 is 5.60 Å². The highest BCUT2D eigenvalue weighted by molar-refractivity contribution is 5.99. The molecule has 1 heterocycles. The Bertz CT molecular complexity index is 666. The molecule has 2 N–H and O–H groups in total. The maximum absolute atomic E-state index is 13.0. The van der Waals surface area contributed by atoms with Gasteiger partial charge in [0.25, 0.3) is 5.91 Å². The number of phenols is 2. The Morgan fingerprint density at radius 1 is 1.21 bits per heavy atom. The first kappa shape index (κ1) is 15.8. The van der Waals surface area contributed by atoms with Crippen LogP contribution in [0.25, 0.3) is 0 Å². The van der Waals surface area contributed by atoms with Crippen molar-refractivity contribution in [3.63, 3.8) is 0 Å². The summed E-state index contributed by atoms with van der Waals surface area (Å²) in [6.45, 7) is 5.04. The van der Waals surface area contributed by atoms with Crippen molar-refractivity contribution >= 4 is 5.91 Å². The molecule has 2 saturated carbocycles. The standard InChI is InChI=1S/C19H25NO4/c1-18(2)10-20(17(23)16-14(21)4-3-5-15(16)22)11-19(24-18)9-12-6-7-13(19)8-12/h3-5,12-13,21-22H,6-11H2,1-2H3/t12-,13+,19+/m1/s1. The Hall–Kier alpha value is -1.75. The molecule has 1 aliphatic heterocycles. The summed E-state index contributed by atoms with van der Waals surface area (Å²) in [7, 11) is 0. The molecule has 1 amide bonds. The molecule has 0 unspecified atom stereocenters. The highest BCUT2D eigenvalue weighted by Crippen LogP contribution is 2.55. The van der Waals surface area contributed by atoms with E-state index in [1.165, 1.54) is 37.5 Å². The summed E-state index contributed by atoms with van der Waals surface area (Å²) in [4.78, 5) is 14.8. The van der Waals surface area contributed by atoms with Gasteiger partial charge < -0.3 is 19.8 Å². The van der Waals surface area contributed by atoms with Crippen LogP contribution in [0.3, 0.4) is 0 Å². The van der Waals surface area contributed by atoms with E-state index in [0.29, 0.717) is 24.9 Å². The number of ether oxygens (including phenoxy) is 1. The van der Waals surface area contributed by atoms with Crippen molar-refractivity contribution < 1.29 is 19.7 Å². The zero-order valence-electron chi connectivity index (χ0n) is 14.3. The molecule has 2 aliphatic carbocycles. The minimum absolute atomic E-state index is 0.00601. The van der Waals surface area contributed by atoms with E-state index in [-0.39, 0.29) is 28.6 Å². The molecule has 1 aromatic carbocycles. The molecule has 1 spiro atoms. The predicted molar refractivity (Wildman–Crippen MR) is 89.0 cm³/mol. The molecule has 3 atom stereocenters. The topological polar surface area (TPSA) is 70.0 Å². The van der Waals surface area contributed by atoms with E-state index in [0.717, 1.165) is 6.42 Å². The van der Waals surface area contributed by atoms with Crippen molar-refractivity contribution in [2.75, 3.05) is 13.1 Å². The Morgan fingerprint density at radius 3 is 2.50 bits per heavy atom. The van der Waals surface area contributed by atoms with E-state index in [4.69, 9.17) is 4.74 Å². The molecular formula is C19H25NO4. The van der Waals surface area contributed by atoms with Gasteiger partial charge in [-0.15, -0.1) is 0 Å². The lowest BCUT2D eigenvalue weighted by Gasteiger charge is -2.52. The summed E-state index contributed by atoms with van der Waals surface area (Å²) in [6.07, 6.45) is 4.65. The summed E-state index contributed by atoms with van der Waals surface area (Å²) < 4.78 is 6.51. The predicted octanol–water partition coefficient (Wildman–Crippen LogP) is 2.91. The number of phenolic OH excluding ortho intramolecular Hbond substituents is 2. The molecule has 24 heavy (non-hydrogen) atoms. The van der Waals surface area contributed by atoms with Gasteiger partial charge in [0.2, 0.25) is 0 Å². The normalized spacial score (nSPS) is 34.0. The Morgan fingerprint density at radius 2 is 1.92 bits per heavy atom. The van der Waals surface area contributed by atoms with E-state index >= 15 is 0 Å². The molecule has 5 heteroatoms. The molecule has 1 saturated heterocycles. The van der Waals surface area contributed by atoms with Crippen molar-refractivity contribution in [3.8, 4) is 11.5 Å². The first-order valence-electron chi connectivity index (χ1n) is 8.80. The van der Waals surface area contributed by atoms with Crippen molar-refractivity contribution in [2.45, 2.75) is 50.7 Å². The Labute approximate surface area is 142 Å². The number of nitrogens with zero attached hydrogens (tertiary/aromatic N) is 1. The molecular weight excluding hydrogens is 306 g/mol. The average molecular weight is 331 g/mol. The van der Waals surface area contributed by atoms with Crippen LogP contribution in [0.2, 0.25) is 0 Å². The van der Waals surface area contributed by atoms with Crippen molar-refractivity contribution in [3.05, 3.63) is 23.8 Å². The SMILES string of the molecule is CC1(C)CN(C(=O)c2c(O)cccc2O)C[C@]2(C[C@@H]3CC[C@H]2C3)O1. The van der Waals surface area contributed by atoms with E-state index in [2.05, 4.69) is 0 Å². The third kappa shape index (κ3) is 2.37. The second kappa shape index (κ2) is 5.12. The number of benzene rings is 1. The van der Waals surface area contributed by atoms with Gasteiger partial charge in [0.1, 0.15) is 17.1 Å². The maximum Gasteiger partial charge on any atom is 0.261 e. The van der Waals surface area contributed by atoms with Crippen LogP contribution in [0.1, 0.15) is 49.9 Å². The van der Waals surface area contributed by atoms with Crippen LogP contribution in [-0.2, 0) is 4.74 Å². The van der Waals surface area contributed by atoms with E-state index in [1.807, 2.05) is 13.8 Å².